The third kappa shape index (κ3) is 2.71. The summed E-state index contributed by atoms with van der Waals surface area (Å²) in [5.41, 5.74) is 5.57. The highest BCUT2D eigenvalue weighted by Gasteiger charge is 2.24. The molecule has 1 rings (SSSR count). The fourth-order valence-electron chi connectivity index (χ4n) is 1.43. The van der Waals surface area contributed by atoms with Crippen molar-refractivity contribution >= 4 is 0 Å². The van der Waals surface area contributed by atoms with E-state index in [0.717, 1.165) is 19.3 Å². The Balaban J connectivity index is 2.29. The van der Waals surface area contributed by atoms with Gasteiger partial charge in [-0.3, -0.25) is 0 Å². The highest BCUT2D eigenvalue weighted by atomic mass is 19.3. The van der Waals surface area contributed by atoms with E-state index >= 15 is 0 Å². The van der Waals surface area contributed by atoms with Gasteiger partial charge >= 0.3 is 6.61 Å². The Hall–Kier alpha value is -0.220. The maximum Gasteiger partial charge on any atom is 0.345 e. The number of ether oxygens (including phenoxy) is 1. The number of nitrogens with two attached hydrogens (primary N) is 1. The molecule has 0 spiro atoms. The van der Waals surface area contributed by atoms with Crippen molar-refractivity contribution in [3.63, 3.8) is 0 Å². The third-order valence-electron chi connectivity index (χ3n) is 2.03. The Morgan fingerprint density at radius 1 is 1.27 bits per heavy atom. The fraction of sp³-hybridized carbons (Fsp3) is 1.00. The van der Waals surface area contributed by atoms with Crippen LogP contribution in [-0.4, -0.2) is 18.8 Å². The quantitative estimate of drug-likeness (QED) is 0.672. The van der Waals surface area contributed by atoms with E-state index in [1.165, 1.54) is 0 Å². The van der Waals surface area contributed by atoms with Crippen LogP contribution in [0.15, 0.2) is 0 Å². The first-order valence-electron chi connectivity index (χ1n) is 3.89. The minimum atomic E-state index is -2.68. The second kappa shape index (κ2) is 3.97. The van der Waals surface area contributed by atoms with Gasteiger partial charge < -0.3 is 10.5 Å². The molecule has 2 atom stereocenters. The summed E-state index contributed by atoms with van der Waals surface area (Å²) in [6.45, 7) is -2.68. The maximum absolute atomic E-state index is 11.7. The molecule has 0 radical (unpaired) electrons. The molecule has 1 aliphatic carbocycles. The van der Waals surface area contributed by atoms with Gasteiger partial charge in [0, 0.05) is 6.04 Å². The smallest absolute Gasteiger partial charge is 0.325 e. The zero-order valence-corrected chi connectivity index (χ0v) is 6.30. The lowest BCUT2D eigenvalue weighted by atomic mass is 9.93. The Morgan fingerprint density at radius 3 is 2.45 bits per heavy atom. The van der Waals surface area contributed by atoms with Gasteiger partial charge in [-0.15, -0.1) is 0 Å². The molecule has 2 N–H and O–H groups in total. The summed E-state index contributed by atoms with van der Waals surface area (Å²) in [4.78, 5) is 0. The number of alkyl halides is 2. The van der Waals surface area contributed by atoms with Gasteiger partial charge in [0.2, 0.25) is 0 Å². The van der Waals surface area contributed by atoms with Gasteiger partial charge in [0.1, 0.15) is 0 Å². The largest absolute Gasteiger partial charge is 0.345 e. The van der Waals surface area contributed by atoms with Crippen molar-refractivity contribution in [2.24, 2.45) is 5.73 Å². The van der Waals surface area contributed by atoms with Gasteiger partial charge in [-0.05, 0) is 12.8 Å². The summed E-state index contributed by atoms with van der Waals surface area (Å²) >= 11 is 0. The number of hydrogen-bond acceptors (Lipinski definition) is 2. The van der Waals surface area contributed by atoms with Crippen LogP contribution < -0.4 is 5.73 Å². The van der Waals surface area contributed by atoms with Crippen LogP contribution in [0.25, 0.3) is 0 Å². The molecule has 4 heteroatoms. The van der Waals surface area contributed by atoms with Crippen LogP contribution in [0.3, 0.4) is 0 Å². The van der Waals surface area contributed by atoms with Crippen molar-refractivity contribution < 1.29 is 13.5 Å². The summed E-state index contributed by atoms with van der Waals surface area (Å²) in [7, 11) is 0. The predicted molar refractivity (Wildman–Crippen MR) is 37.3 cm³/mol. The molecule has 0 aromatic heterocycles. The molecule has 0 unspecified atom stereocenters. The SMILES string of the molecule is N[C@H]1CCCC[C@H]1OC(F)F. The summed E-state index contributed by atoms with van der Waals surface area (Å²) < 4.78 is 27.8. The summed E-state index contributed by atoms with van der Waals surface area (Å²) in [5, 5.41) is 0. The topological polar surface area (TPSA) is 35.2 Å². The molecule has 0 heterocycles. The van der Waals surface area contributed by atoms with E-state index in [1.807, 2.05) is 0 Å². The van der Waals surface area contributed by atoms with Crippen LogP contribution in [0.5, 0.6) is 0 Å². The molecular formula is C7H13F2NO. The number of halogens is 2. The maximum atomic E-state index is 11.7. The summed E-state index contributed by atoms with van der Waals surface area (Å²) in [5.74, 6) is 0. The Labute approximate surface area is 64.7 Å². The number of hydrogen-bond donors (Lipinski definition) is 1. The van der Waals surface area contributed by atoms with E-state index in [-0.39, 0.29) is 6.04 Å². The third-order valence-corrected chi connectivity index (χ3v) is 2.03. The van der Waals surface area contributed by atoms with Crippen LogP contribution >= 0.6 is 0 Å². The molecular weight excluding hydrogens is 152 g/mol. The van der Waals surface area contributed by atoms with Crippen LogP contribution in [0.2, 0.25) is 0 Å². The zero-order chi connectivity index (χ0) is 8.27. The lowest BCUT2D eigenvalue weighted by Crippen LogP contribution is -2.40. The van der Waals surface area contributed by atoms with Gasteiger partial charge in [0.05, 0.1) is 6.10 Å². The highest BCUT2D eigenvalue weighted by molar-refractivity contribution is 4.78. The fourth-order valence-corrected chi connectivity index (χ4v) is 1.43. The van der Waals surface area contributed by atoms with E-state index in [9.17, 15) is 8.78 Å². The normalized spacial score (nSPS) is 32.7. The molecule has 0 saturated heterocycles. The first-order valence-corrected chi connectivity index (χ1v) is 3.89. The molecule has 0 amide bonds. The van der Waals surface area contributed by atoms with E-state index in [2.05, 4.69) is 4.74 Å². The molecule has 11 heavy (non-hydrogen) atoms. The molecule has 66 valence electrons. The predicted octanol–water partition coefficient (Wildman–Crippen LogP) is 1.50. The highest BCUT2D eigenvalue weighted by Crippen LogP contribution is 2.21. The first-order chi connectivity index (χ1) is 5.20. The second-order valence-electron chi connectivity index (χ2n) is 2.88. The molecule has 1 aliphatic rings. The van der Waals surface area contributed by atoms with Crippen LogP contribution in [-0.2, 0) is 4.74 Å². The molecule has 0 bridgehead atoms. The van der Waals surface area contributed by atoms with Crippen molar-refractivity contribution in [1.82, 2.24) is 0 Å². The lowest BCUT2D eigenvalue weighted by Gasteiger charge is -2.27. The van der Waals surface area contributed by atoms with Crippen molar-refractivity contribution in [1.29, 1.82) is 0 Å². The Morgan fingerprint density at radius 2 is 1.91 bits per heavy atom. The van der Waals surface area contributed by atoms with Gasteiger partial charge in [0.15, 0.2) is 0 Å². The molecule has 1 saturated carbocycles. The Bertz CT molecular complexity index is 121. The second-order valence-corrected chi connectivity index (χ2v) is 2.88. The van der Waals surface area contributed by atoms with Crippen LogP contribution in [0.4, 0.5) is 8.78 Å². The van der Waals surface area contributed by atoms with Crippen LogP contribution in [0, 0.1) is 0 Å². The summed E-state index contributed by atoms with van der Waals surface area (Å²) in [6, 6.07) is -0.197. The van der Waals surface area contributed by atoms with Crippen molar-refractivity contribution in [2.75, 3.05) is 0 Å². The Kier molecular flexibility index (Phi) is 3.20. The van der Waals surface area contributed by atoms with Crippen LogP contribution in [0.1, 0.15) is 25.7 Å². The minimum absolute atomic E-state index is 0.197. The van der Waals surface area contributed by atoms with Crippen molar-refractivity contribution in [3.05, 3.63) is 0 Å². The van der Waals surface area contributed by atoms with Gasteiger partial charge in [-0.25, -0.2) is 0 Å². The first kappa shape index (κ1) is 8.87. The minimum Gasteiger partial charge on any atom is -0.325 e. The molecule has 1 fully saturated rings. The van der Waals surface area contributed by atoms with E-state index in [1.54, 1.807) is 0 Å². The summed E-state index contributed by atoms with van der Waals surface area (Å²) in [6.07, 6.45) is 3.03. The van der Waals surface area contributed by atoms with E-state index < -0.39 is 12.7 Å². The monoisotopic (exact) mass is 165 g/mol. The molecule has 0 aliphatic heterocycles. The standard InChI is InChI=1S/C7H13F2NO/c8-7(9)11-6-4-2-1-3-5(6)10/h5-7H,1-4,10H2/t5-,6+/m0/s1. The van der Waals surface area contributed by atoms with Gasteiger partial charge in [-0.1, -0.05) is 12.8 Å². The average molecular weight is 165 g/mol. The van der Waals surface area contributed by atoms with E-state index in [0.29, 0.717) is 6.42 Å². The molecule has 0 aromatic rings. The van der Waals surface area contributed by atoms with Crippen molar-refractivity contribution in [3.8, 4) is 0 Å². The molecule has 0 aromatic carbocycles. The number of rotatable bonds is 2. The van der Waals surface area contributed by atoms with Crippen molar-refractivity contribution in [2.45, 2.75) is 44.4 Å². The van der Waals surface area contributed by atoms with Gasteiger partial charge in [-0.2, -0.15) is 8.78 Å². The average Bonchev–Trinajstić information content (AvgIpc) is 1.93. The van der Waals surface area contributed by atoms with Gasteiger partial charge in [0.25, 0.3) is 0 Å². The zero-order valence-electron chi connectivity index (χ0n) is 6.30. The lowest BCUT2D eigenvalue weighted by molar-refractivity contribution is -0.173. The van der Waals surface area contributed by atoms with E-state index in [4.69, 9.17) is 5.73 Å². The molecule has 2 nitrogen and oxygen atoms in total.